The lowest BCUT2D eigenvalue weighted by Gasteiger charge is -2.36. The summed E-state index contributed by atoms with van der Waals surface area (Å²) in [5.41, 5.74) is 1.19. The largest absolute Gasteiger partial charge is 0.368 e. The summed E-state index contributed by atoms with van der Waals surface area (Å²) in [7, 11) is 0. The zero-order valence-electron chi connectivity index (χ0n) is 14.4. The second-order valence-electron chi connectivity index (χ2n) is 6.72. The van der Waals surface area contributed by atoms with Gasteiger partial charge in [0.1, 0.15) is 5.82 Å². The van der Waals surface area contributed by atoms with E-state index in [0.717, 1.165) is 56.1 Å². The molecule has 2 aromatic rings. The monoisotopic (exact) mass is 357 g/mol. The number of halogens is 1. The first kappa shape index (κ1) is 16.5. The summed E-state index contributed by atoms with van der Waals surface area (Å²) in [4.78, 5) is 16.4. The standard InChI is InChI=1S/C19H24ClN5/c20-16-5-4-6-17(15-16)23-11-13-25(14-12-23)19-21-8-7-18(22-19)24-9-2-1-3-10-24/h4-8,15H,1-3,9-14H2. The van der Waals surface area contributed by atoms with Crippen molar-refractivity contribution in [3.63, 3.8) is 0 Å². The average Bonchev–Trinajstić information content (AvgIpc) is 2.69. The predicted octanol–water partition coefficient (Wildman–Crippen LogP) is 3.45. The van der Waals surface area contributed by atoms with Crippen LogP contribution in [0, 0.1) is 0 Å². The molecule has 0 radical (unpaired) electrons. The summed E-state index contributed by atoms with van der Waals surface area (Å²) in [6.45, 7) is 5.99. The molecule has 2 fully saturated rings. The number of hydrogen-bond donors (Lipinski definition) is 0. The van der Waals surface area contributed by atoms with Gasteiger partial charge in [0.2, 0.25) is 5.95 Å². The van der Waals surface area contributed by atoms with Crippen molar-refractivity contribution in [2.24, 2.45) is 0 Å². The Hall–Kier alpha value is -2.01. The van der Waals surface area contributed by atoms with Crippen molar-refractivity contribution in [1.82, 2.24) is 9.97 Å². The Morgan fingerprint density at radius 2 is 1.56 bits per heavy atom. The van der Waals surface area contributed by atoms with Crippen LogP contribution in [0.4, 0.5) is 17.5 Å². The van der Waals surface area contributed by atoms with Crippen molar-refractivity contribution in [1.29, 1.82) is 0 Å². The SMILES string of the molecule is Clc1cccc(N2CCN(c3nccc(N4CCCCC4)n3)CC2)c1. The van der Waals surface area contributed by atoms with E-state index < -0.39 is 0 Å². The lowest BCUT2D eigenvalue weighted by molar-refractivity contribution is 0.571. The highest BCUT2D eigenvalue weighted by molar-refractivity contribution is 6.30. The normalized spacial score (nSPS) is 18.5. The molecule has 0 aliphatic carbocycles. The number of piperidine rings is 1. The van der Waals surface area contributed by atoms with E-state index in [0.29, 0.717) is 0 Å². The quantitative estimate of drug-likeness (QED) is 0.840. The molecule has 0 bridgehead atoms. The first-order valence-corrected chi connectivity index (χ1v) is 9.51. The van der Waals surface area contributed by atoms with Gasteiger partial charge in [-0.15, -0.1) is 0 Å². The Morgan fingerprint density at radius 1 is 0.800 bits per heavy atom. The molecule has 25 heavy (non-hydrogen) atoms. The molecule has 0 saturated carbocycles. The Morgan fingerprint density at radius 3 is 2.32 bits per heavy atom. The fourth-order valence-corrected chi connectivity index (χ4v) is 3.81. The van der Waals surface area contributed by atoms with Gasteiger partial charge in [0.25, 0.3) is 0 Å². The third kappa shape index (κ3) is 3.82. The molecule has 5 nitrogen and oxygen atoms in total. The fourth-order valence-electron chi connectivity index (χ4n) is 3.63. The molecule has 2 aliphatic heterocycles. The second kappa shape index (κ2) is 7.48. The van der Waals surface area contributed by atoms with Crippen LogP contribution in [0.5, 0.6) is 0 Å². The first-order chi connectivity index (χ1) is 12.3. The molecule has 4 rings (SSSR count). The van der Waals surface area contributed by atoms with E-state index >= 15 is 0 Å². The number of hydrogen-bond acceptors (Lipinski definition) is 5. The van der Waals surface area contributed by atoms with Crippen molar-refractivity contribution in [3.05, 3.63) is 41.6 Å². The molecule has 0 amide bonds. The number of rotatable bonds is 3. The molecule has 2 saturated heterocycles. The molecular formula is C19H24ClN5. The van der Waals surface area contributed by atoms with Crippen LogP contribution in [0.15, 0.2) is 36.5 Å². The van der Waals surface area contributed by atoms with E-state index in [1.807, 2.05) is 30.5 Å². The molecule has 0 N–H and O–H groups in total. The number of anilines is 3. The van der Waals surface area contributed by atoms with E-state index in [1.54, 1.807) is 0 Å². The van der Waals surface area contributed by atoms with Gasteiger partial charge in [-0.05, 0) is 43.5 Å². The van der Waals surface area contributed by atoms with Crippen LogP contribution in [0.25, 0.3) is 0 Å². The molecule has 0 unspecified atom stereocenters. The molecule has 2 aliphatic rings. The summed E-state index contributed by atoms with van der Waals surface area (Å²) in [6.07, 6.45) is 5.75. The maximum atomic E-state index is 6.12. The summed E-state index contributed by atoms with van der Waals surface area (Å²) in [5, 5.41) is 0.789. The van der Waals surface area contributed by atoms with E-state index in [2.05, 4.69) is 25.8 Å². The highest BCUT2D eigenvalue weighted by atomic mass is 35.5. The number of piperazine rings is 1. The molecule has 1 aromatic heterocycles. The first-order valence-electron chi connectivity index (χ1n) is 9.13. The third-order valence-electron chi connectivity index (χ3n) is 5.04. The van der Waals surface area contributed by atoms with Crippen molar-refractivity contribution >= 4 is 29.1 Å². The van der Waals surface area contributed by atoms with Gasteiger partial charge in [-0.3, -0.25) is 0 Å². The minimum atomic E-state index is 0.789. The van der Waals surface area contributed by atoms with Gasteiger partial charge in [0, 0.05) is 56.2 Å². The predicted molar refractivity (Wildman–Crippen MR) is 104 cm³/mol. The van der Waals surface area contributed by atoms with Gasteiger partial charge >= 0.3 is 0 Å². The van der Waals surface area contributed by atoms with Crippen LogP contribution in [0.1, 0.15) is 19.3 Å². The lowest BCUT2D eigenvalue weighted by Crippen LogP contribution is -2.47. The molecule has 0 spiro atoms. The van der Waals surface area contributed by atoms with Gasteiger partial charge in [0.15, 0.2) is 0 Å². The highest BCUT2D eigenvalue weighted by Crippen LogP contribution is 2.23. The third-order valence-corrected chi connectivity index (χ3v) is 5.28. The highest BCUT2D eigenvalue weighted by Gasteiger charge is 2.20. The van der Waals surface area contributed by atoms with Gasteiger partial charge in [-0.2, -0.15) is 4.98 Å². The van der Waals surface area contributed by atoms with Gasteiger partial charge < -0.3 is 14.7 Å². The smallest absolute Gasteiger partial charge is 0.227 e. The minimum Gasteiger partial charge on any atom is -0.368 e. The molecule has 6 heteroatoms. The maximum Gasteiger partial charge on any atom is 0.227 e. The average molecular weight is 358 g/mol. The van der Waals surface area contributed by atoms with Crippen LogP contribution in [0.3, 0.4) is 0 Å². The summed E-state index contributed by atoms with van der Waals surface area (Å²) in [5.74, 6) is 1.93. The minimum absolute atomic E-state index is 0.789. The van der Waals surface area contributed by atoms with Crippen LogP contribution in [-0.2, 0) is 0 Å². The van der Waals surface area contributed by atoms with E-state index in [4.69, 9.17) is 16.6 Å². The summed E-state index contributed by atoms with van der Waals surface area (Å²) >= 11 is 6.12. The fraction of sp³-hybridized carbons (Fsp3) is 0.474. The van der Waals surface area contributed by atoms with E-state index in [1.165, 1.54) is 24.9 Å². The Kier molecular flexibility index (Phi) is 4.92. The second-order valence-corrected chi connectivity index (χ2v) is 7.15. The lowest BCUT2D eigenvalue weighted by atomic mass is 10.1. The van der Waals surface area contributed by atoms with Crippen LogP contribution >= 0.6 is 11.6 Å². The Labute approximate surface area is 154 Å². The zero-order valence-corrected chi connectivity index (χ0v) is 15.2. The molecular weight excluding hydrogens is 334 g/mol. The molecule has 0 atom stereocenters. The molecule has 3 heterocycles. The van der Waals surface area contributed by atoms with Gasteiger partial charge in [0.05, 0.1) is 0 Å². The van der Waals surface area contributed by atoms with Crippen LogP contribution in [-0.4, -0.2) is 49.2 Å². The number of benzene rings is 1. The van der Waals surface area contributed by atoms with Gasteiger partial charge in [-0.25, -0.2) is 4.98 Å². The van der Waals surface area contributed by atoms with Crippen LogP contribution in [0.2, 0.25) is 5.02 Å². The van der Waals surface area contributed by atoms with Gasteiger partial charge in [-0.1, -0.05) is 17.7 Å². The van der Waals surface area contributed by atoms with Crippen molar-refractivity contribution in [2.75, 3.05) is 54.0 Å². The number of nitrogens with zero attached hydrogens (tertiary/aromatic N) is 5. The Bertz CT molecular complexity index is 708. The van der Waals surface area contributed by atoms with E-state index in [9.17, 15) is 0 Å². The van der Waals surface area contributed by atoms with Crippen molar-refractivity contribution in [2.45, 2.75) is 19.3 Å². The Balaban J connectivity index is 1.42. The van der Waals surface area contributed by atoms with Crippen molar-refractivity contribution in [3.8, 4) is 0 Å². The zero-order chi connectivity index (χ0) is 17.1. The topological polar surface area (TPSA) is 35.5 Å². The number of aromatic nitrogens is 2. The van der Waals surface area contributed by atoms with Crippen molar-refractivity contribution < 1.29 is 0 Å². The molecule has 132 valence electrons. The van der Waals surface area contributed by atoms with E-state index in [-0.39, 0.29) is 0 Å². The maximum absolute atomic E-state index is 6.12. The molecule has 1 aromatic carbocycles. The van der Waals surface area contributed by atoms with Crippen LogP contribution < -0.4 is 14.7 Å². The summed E-state index contributed by atoms with van der Waals surface area (Å²) in [6, 6.07) is 10.1. The summed E-state index contributed by atoms with van der Waals surface area (Å²) < 4.78 is 0.